The molecule has 7 aromatic rings. The fraction of sp³-hybridized carbons (Fsp3) is 0.111. The maximum Gasteiger partial charge on any atom is 0.160 e. The number of rotatable bonds is 4. The van der Waals surface area contributed by atoms with Gasteiger partial charge in [-0.05, 0) is 76.1 Å². The van der Waals surface area contributed by atoms with Crippen molar-refractivity contribution in [3.8, 4) is 45.4 Å². The van der Waals surface area contributed by atoms with E-state index in [1.165, 1.54) is 32.9 Å². The van der Waals surface area contributed by atoms with Gasteiger partial charge in [-0.15, -0.1) is 0 Å². The normalized spacial score (nSPS) is 14.8. The molecule has 50 heavy (non-hydrogen) atoms. The lowest BCUT2D eigenvalue weighted by Crippen LogP contribution is -2.56. The number of para-hydroxylation sites is 2. The van der Waals surface area contributed by atoms with E-state index in [1.807, 2.05) is 12.1 Å². The van der Waals surface area contributed by atoms with E-state index in [9.17, 15) is 0 Å². The van der Waals surface area contributed by atoms with E-state index in [-0.39, 0.29) is 5.41 Å². The number of hydrogen-bond acceptors (Lipinski definition) is 4. The smallest absolute Gasteiger partial charge is 0.160 e. The second-order valence-electron chi connectivity index (χ2n) is 14.3. The van der Waals surface area contributed by atoms with E-state index in [4.69, 9.17) is 14.7 Å². The van der Waals surface area contributed by atoms with Crippen molar-refractivity contribution in [3.63, 3.8) is 0 Å². The van der Waals surface area contributed by atoms with Crippen LogP contribution >= 0.6 is 0 Å². The van der Waals surface area contributed by atoms with Crippen LogP contribution in [-0.4, -0.2) is 18.0 Å². The molecule has 242 valence electrons. The monoisotopic (exact) mass is 663 g/mol. The first-order valence-corrected chi connectivity index (χ1v) is 20.3. The molecule has 0 aliphatic carbocycles. The van der Waals surface area contributed by atoms with E-state index in [0.29, 0.717) is 5.82 Å². The molecule has 0 N–H and O–H groups in total. The van der Waals surface area contributed by atoms with Crippen molar-refractivity contribution in [1.82, 2.24) is 9.97 Å². The van der Waals surface area contributed by atoms with Crippen molar-refractivity contribution in [3.05, 3.63) is 163 Å². The molecular weight excluding hydrogens is 627 g/mol. The zero-order valence-corrected chi connectivity index (χ0v) is 29.7. The van der Waals surface area contributed by atoms with Gasteiger partial charge in [0.15, 0.2) is 5.82 Å². The Morgan fingerprint density at radius 2 is 1.02 bits per heavy atom. The van der Waals surface area contributed by atoms with Crippen LogP contribution in [0.3, 0.4) is 0 Å². The Bertz CT molecular complexity index is 2310. The van der Waals surface area contributed by atoms with E-state index in [2.05, 4.69) is 171 Å². The van der Waals surface area contributed by atoms with Gasteiger partial charge in [0.2, 0.25) is 0 Å². The second kappa shape index (κ2) is 11.4. The summed E-state index contributed by atoms with van der Waals surface area (Å²) in [5, 5.41) is 2.53. The van der Waals surface area contributed by atoms with Gasteiger partial charge in [0, 0.05) is 27.8 Å². The highest BCUT2D eigenvalue weighted by Crippen LogP contribution is 2.51. The summed E-state index contributed by atoms with van der Waals surface area (Å²) >= 11 is 0. The minimum Gasteiger partial charge on any atom is -0.458 e. The molecule has 5 heteroatoms. The summed E-state index contributed by atoms with van der Waals surface area (Å²) in [7, 11) is -2.26. The largest absolute Gasteiger partial charge is 0.458 e. The van der Waals surface area contributed by atoms with Gasteiger partial charge in [-0.3, -0.25) is 0 Å². The first-order valence-electron chi connectivity index (χ1n) is 17.3. The lowest BCUT2D eigenvalue weighted by atomic mass is 9.73. The van der Waals surface area contributed by atoms with Crippen LogP contribution in [0.2, 0.25) is 13.1 Å². The number of fused-ring (bicyclic) bond motifs is 4. The van der Waals surface area contributed by atoms with E-state index >= 15 is 0 Å². The topological polar surface area (TPSA) is 38.2 Å². The average molecular weight is 664 g/mol. The van der Waals surface area contributed by atoms with Crippen LogP contribution < -0.4 is 20.0 Å². The standard InChI is InChI=1S/C45H37N3OSi/c1-45(2)34-19-11-13-21-38(34)48(39-22-14-12-20-35(39)45)33-24-26-41-43(28-33)50(3,4)42-27-32(23-25-40(42)49-41)44-46-36(30-15-7-5-8-16-30)29-37(47-44)31-17-9-6-10-18-31/h5-29H,1-4H3. The highest BCUT2D eigenvalue weighted by Gasteiger charge is 2.40. The van der Waals surface area contributed by atoms with Crippen LogP contribution in [-0.2, 0) is 5.41 Å². The minimum absolute atomic E-state index is 0.107. The van der Waals surface area contributed by atoms with Gasteiger partial charge in [0.25, 0.3) is 0 Å². The number of benzene rings is 6. The average Bonchev–Trinajstić information content (AvgIpc) is 3.16. The van der Waals surface area contributed by atoms with E-state index in [1.54, 1.807) is 0 Å². The zero-order valence-electron chi connectivity index (χ0n) is 28.7. The number of ether oxygens (including phenoxy) is 1. The van der Waals surface area contributed by atoms with Crippen molar-refractivity contribution in [2.75, 3.05) is 4.90 Å². The van der Waals surface area contributed by atoms with Crippen molar-refractivity contribution < 1.29 is 4.74 Å². The molecule has 0 fully saturated rings. The van der Waals surface area contributed by atoms with Gasteiger partial charge in [0.05, 0.1) is 22.8 Å². The summed E-state index contributed by atoms with van der Waals surface area (Å²) in [4.78, 5) is 12.7. The highest BCUT2D eigenvalue weighted by molar-refractivity contribution is 7.01. The quantitative estimate of drug-likeness (QED) is 0.176. The molecule has 0 saturated heterocycles. The number of hydrogen-bond donors (Lipinski definition) is 0. The van der Waals surface area contributed by atoms with Gasteiger partial charge < -0.3 is 9.64 Å². The molecule has 0 bridgehead atoms. The molecule has 0 radical (unpaired) electrons. The molecule has 6 aromatic carbocycles. The fourth-order valence-electron chi connectivity index (χ4n) is 7.78. The SMILES string of the molecule is CC1(C)c2ccccc2N(c2ccc3c(c2)[Si](C)(C)c2cc(-c4nc(-c5ccccc5)cc(-c5ccccc5)n4)ccc2O3)c2ccccc21. The molecule has 0 atom stereocenters. The van der Waals surface area contributed by atoms with Crippen LogP contribution in [0.4, 0.5) is 17.1 Å². The molecular formula is C45H37N3OSi. The lowest BCUT2D eigenvalue weighted by Gasteiger charge is -2.42. The second-order valence-corrected chi connectivity index (χ2v) is 18.6. The lowest BCUT2D eigenvalue weighted by molar-refractivity contribution is 0.487. The molecule has 0 amide bonds. The molecule has 0 unspecified atom stereocenters. The summed E-state index contributed by atoms with van der Waals surface area (Å²) in [5.41, 5.74) is 11.1. The van der Waals surface area contributed by atoms with Crippen molar-refractivity contribution in [2.24, 2.45) is 0 Å². The van der Waals surface area contributed by atoms with Crippen molar-refractivity contribution >= 4 is 35.5 Å². The predicted molar refractivity (Wildman–Crippen MR) is 208 cm³/mol. The molecule has 9 rings (SSSR count). The minimum atomic E-state index is -2.26. The van der Waals surface area contributed by atoms with Crippen LogP contribution in [0.25, 0.3) is 33.9 Å². The highest BCUT2D eigenvalue weighted by atomic mass is 28.3. The fourth-order valence-corrected chi connectivity index (χ4v) is 10.6. The van der Waals surface area contributed by atoms with Gasteiger partial charge in [-0.25, -0.2) is 9.97 Å². The predicted octanol–water partition coefficient (Wildman–Crippen LogP) is 10.5. The van der Waals surface area contributed by atoms with E-state index in [0.717, 1.165) is 45.3 Å². The number of nitrogens with zero attached hydrogens (tertiary/aromatic N) is 3. The van der Waals surface area contributed by atoms with Crippen molar-refractivity contribution in [2.45, 2.75) is 32.4 Å². The third kappa shape index (κ3) is 4.80. The summed E-state index contributed by atoms with van der Waals surface area (Å²) in [6.07, 6.45) is 0. The van der Waals surface area contributed by atoms with Crippen LogP contribution in [0.5, 0.6) is 11.5 Å². The van der Waals surface area contributed by atoms with Gasteiger partial charge in [-0.1, -0.05) is 124 Å². The molecule has 1 aromatic heterocycles. The van der Waals surface area contributed by atoms with Crippen molar-refractivity contribution in [1.29, 1.82) is 0 Å². The Morgan fingerprint density at radius 3 is 1.60 bits per heavy atom. The Morgan fingerprint density at radius 1 is 0.520 bits per heavy atom. The molecule has 0 saturated carbocycles. The van der Waals surface area contributed by atoms with Gasteiger partial charge in [0.1, 0.15) is 19.6 Å². The van der Waals surface area contributed by atoms with Crippen LogP contribution in [0, 0.1) is 0 Å². The Labute approximate surface area is 294 Å². The Balaban J connectivity index is 1.16. The summed E-state index contributed by atoms with van der Waals surface area (Å²) in [5.74, 6) is 2.57. The molecule has 2 aliphatic rings. The first kappa shape index (κ1) is 30.3. The van der Waals surface area contributed by atoms with Gasteiger partial charge in [-0.2, -0.15) is 0 Å². The molecule has 2 aliphatic heterocycles. The third-order valence-corrected chi connectivity index (χ3v) is 14.0. The van der Waals surface area contributed by atoms with Gasteiger partial charge >= 0.3 is 0 Å². The Kier molecular flexibility index (Phi) is 6.90. The molecule has 4 nitrogen and oxygen atoms in total. The maximum absolute atomic E-state index is 6.68. The summed E-state index contributed by atoms with van der Waals surface area (Å²) < 4.78 is 6.68. The Hall–Kier alpha value is -5.78. The molecule has 3 heterocycles. The van der Waals surface area contributed by atoms with Crippen LogP contribution in [0.15, 0.2) is 152 Å². The third-order valence-electron chi connectivity index (χ3n) is 10.5. The summed E-state index contributed by atoms with van der Waals surface area (Å²) in [6.45, 7) is 9.52. The maximum atomic E-state index is 6.68. The number of aromatic nitrogens is 2. The number of anilines is 3. The molecule has 0 spiro atoms. The first-order chi connectivity index (χ1) is 24.3. The van der Waals surface area contributed by atoms with E-state index < -0.39 is 8.07 Å². The zero-order chi connectivity index (χ0) is 34.0. The van der Waals surface area contributed by atoms with Crippen LogP contribution in [0.1, 0.15) is 25.0 Å². The summed E-state index contributed by atoms with van der Waals surface area (Å²) in [6, 6.07) is 53.7.